The molecule has 2 amide bonds. The summed E-state index contributed by atoms with van der Waals surface area (Å²) in [5.41, 5.74) is 1.66. The zero-order valence-corrected chi connectivity index (χ0v) is 21.7. The Hall–Kier alpha value is -3.13. The summed E-state index contributed by atoms with van der Waals surface area (Å²) >= 11 is 3.49. The lowest BCUT2D eigenvalue weighted by Crippen LogP contribution is -2.49. The van der Waals surface area contributed by atoms with E-state index in [0.717, 1.165) is 15.8 Å². The summed E-state index contributed by atoms with van der Waals surface area (Å²) < 4.78 is 9.03. The number of hydrogen-bond donors (Lipinski definition) is 0. The molecule has 1 saturated heterocycles. The minimum atomic E-state index is -0.166. The quantitative estimate of drug-likeness (QED) is 0.419. The van der Waals surface area contributed by atoms with Crippen LogP contribution in [0.1, 0.15) is 35.7 Å². The molecule has 2 atom stereocenters. The van der Waals surface area contributed by atoms with Crippen molar-refractivity contribution in [1.29, 1.82) is 0 Å². The van der Waals surface area contributed by atoms with E-state index in [1.807, 2.05) is 73.5 Å². The molecule has 7 nitrogen and oxygen atoms in total. The van der Waals surface area contributed by atoms with Crippen molar-refractivity contribution in [1.82, 2.24) is 19.6 Å². The van der Waals surface area contributed by atoms with Crippen molar-refractivity contribution in [2.75, 3.05) is 20.1 Å². The molecule has 35 heavy (non-hydrogen) atoms. The van der Waals surface area contributed by atoms with E-state index in [0.29, 0.717) is 44.6 Å². The largest absolute Gasteiger partial charge is 0.490 e. The summed E-state index contributed by atoms with van der Waals surface area (Å²) in [5.74, 6) is 0.609. The summed E-state index contributed by atoms with van der Waals surface area (Å²) in [6.45, 7) is 4.27. The minimum absolute atomic E-state index is 0.0368. The van der Waals surface area contributed by atoms with Gasteiger partial charge in [0.2, 0.25) is 5.91 Å². The van der Waals surface area contributed by atoms with Crippen molar-refractivity contribution in [3.8, 4) is 5.75 Å². The molecule has 2 heterocycles. The second kappa shape index (κ2) is 11.5. The molecule has 0 bridgehead atoms. The second-order valence-corrected chi connectivity index (χ2v) is 9.85. The number of piperidine rings is 1. The van der Waals surface area contributed by atoms with E-state index in [4.69, 9.17) is 4.74 Å². The van der Waals surface area contributed by atoms with Crippen molar-refractivity contribution >= 4 is 27.7 Å². The van der Waals surface area contributed by atoms with Crippen LogP contribution in [0.5, 0.6) is 5.75 Å². The standard InChI is InChI=1S/C27H31BrN4O3/c1-3-32-19-22(16-29-32)27(34)31-13-12-25(35-24-11-7-10-23(28)15-24)21(18-31)14-26(33)30(2)17-20-8-5-4-6-9-20/h4-11,15-16,19,21,25H,3,12-14,17-18H2,1-2H3/t21-,25-/m0/s1. The van der Waals surface area contributed by atoms with Crippen molar-refractivity contribution in [3.05, 3.63) is 82.6 Å². The van der Waals surface area contributed by atoms with Gasteiger partial charge in [0.05, 0.1) is 11.8 Å². The summed E-state index contributed by atoms with van der Waals surface area (Å²) in [6, 6.07) is 17.7. The summed E-state index contributed by atoms with van der Waals surface area (Å²) in [6.07, 6.45) is 4.19. The molecule has 0 aliphatic carbocycles. The van der Waals surface area contributed by atoms with Crippen LogP contribution in [-0.4, -0.2) is 57.6 Å². The Balaban J connectivity index is 1.48. The molecule has 3 aromatic rings. The number of rotatable bonds is 8. The summed E-state index contributed by atoms with van der Waals surface area (Å²) in [4.78, 5) is 30.0. The molecule has 1 aromatic heterocycles. The fraction of sp³-hybridized carbons (Fsp3) is 0.370. The fourth-order valence-electron chi connectivity index (χ4n) is 4.42. The lowest BCUT2D eigenvalue weighted by atomic mass is 9.90. The van der Waals surface area contributed by atoms with Crippen LogP contribution in [0.2, 0.25) is 0 Å². The van der Waals surface area contributed by atoms with E-state index in [1.165, 1.54) is 0 Å². The number of hydrogen-bond acceptors (Lipinski definition) is 4. The fourth-order valence-corrected chi connectivity index (χ4v) is 4.79. The highest BCUT2D eigenvalue weighted by Gasteiger charge is 2.35. The van der Waals surface area contributed by atoms with Crippen molar-refractivity contribution < 1.29 is 14.3 Å². The highest BCUT2D eigenvalue weighted by Crippen LogP contribution is 2.28. The van der Waals surface area contributed by atoms with Gasteiger partial charge < -0.3 is 14.5 Å². The van der Waals surface area contributed by atoms with E-state index < -0.39 is 0 Å². The van der Waals surface area contributed by atoms with Crippen LogP contribution in [-0.2, 0) is 17.9 Å². The van der Waals surface area contributed by atoms with Crippen LogP contribution in [0.3, 0.4) is 0 Å². The van der Waals surface area contributed by atoms with E-state index in [2.05, 4.69) is 21.0 Å². The third kappa shape index (κ3) is 6.51. The van der Waals surface area contributed by atoms with Gasteiger partial charge >= 0.3 is 0 Å². The van der Waals surface area contributed by atoms with Crippen LogP contribution in [0, 0.1) is 5.92 Å². The lowest BCUT2D eigenvalue weighted by Gasteiger charge is -2.38. The van der Waals surface area contributed by atoms with Gasteiger partial charge in [-0.2, -0.15) is 5.10 Å². The lowest BCUT2D eigenvalue weighted by molar-refractivity contribution is -0.132. The zero-order valence-electron chi connectivity index (χ0n) is 20.1. The predicted molar refractivity (Wildman–Crippen MR) is 138 cm³/mol. The molecule has 0 radical (unpaired) electrons. The number of halogens is 1. The predicted octanol–water partition coefficient (Wildman–Crippen LogP) is 4.62. The molecule has 2 aromatic carbocycles. The van der Waals surface area contributed by atoms with Crippen molar-refractivity contribution in [2.45, 2.75) is 39.0 Å². The van der Waals surface area contributed by atoms with Gasteiger partial charge in [0.1, 0.15) is 11.9 Å². The Morgan fingerprint density at radius 3 is 2.69 bits per heavy atom. The first-order valence-electron chi connectivity index (χ1n) is 11.9. The van der Waals surface area contributed by atoms with Crippen LogP contribution in [0.25, 0.3) is 0 Å². The third-order valence-corrected chi connectivity index (χ3v) is 6.86. The van der Waals surface area contributed by atoms with Crippen LogP contribution < -0.4 is 4.74 Å². The molecule has 0 spiro atoms. The van der Waals surface area contributed by atoms with Gasteiger partial charge in [-0.3, -0.25) is 14.3 Å². The van der Waals surface area contributed by atoms with Gasteiger partial charge in [0.25, 0.3) is 5.91 Å². The number of ether oxygens (including phenoxy) is 1. The van der Waals surface area contributed by atoms with Crippen LogP contribution in [0.15, 0.2) is 71.5 Å². The van der Waals surface area contributed by atoms with Crippen molar-refractivity contribution in [2.24, 2.45) is 5.92 Å². The number of amides is 2. The first kappa shape index (κ1) is 25.0. The number of carbonyl (C=O) groups is 2. The monoisotopic (exact) mass is 538 g/mol. The molecule has 1 fully saturated rings. The average Bonchev–Trinajstić information content (AvgIpc) is 3.35. The Bertz CT molecular complexity index is 1150. The normalized spacial score (nSPS) is 17.7. The number of carbonyl (C=O) groups excluding carboxylic acids is 2. The van der Waals surface area contributed by atoms with E-state index in [-0.39, 0.29) is 23.8 Å². The molecule has 1 aliphatic rings. The van der Waals surface area contributed by atoms with Gasteiger partial charge in [0, 0.05) is 62.7 Å². The first-order valence-corrected chi connectivity index (χ1v) is 12.7. The Morgan fingerprint density at radius 2 is 1.97 bits per heavy atom. The van der Waals surface area contributed by atoms with E-state index in [1.54, 1.807) is 22.0 Å². The molecule has 0 unspecified atom stereocenters. The zero-order chi connectivity index (χ0) is 24.8. The minimum Gasteiger partial charge on any atom is -0.490 e. The molecular weight excluding hydrogens is 508 g/mol. The topological polar surface area (TPSA) is 67.7 Å². The van der Waals surface area contributed by atoms with Crippen LogP contribution >= 0.6 is 15.9 Å². The summed E-state index contributed by atoms with van der Waals surface area (Å²) in [7, 11) is 1.82. The maximum Gasteiger partial charge on any atom is 0.257 e. The Kier molecular flexibility index (Phi) is 8.23. The number of aryl methyl sites for hydroxylation is 1. The maximum atomic E-state index is 13.2. The van der Waals surface area contributed by atoms with E-state index in [9.17, 15) is 9.59 Å². The molecule has 4 rings (SSSR count). The number of benzene rings is 2. The summed E-state index contributed by atoms with van der Waals surface area (Å²) in [5, 5.41) is 4.24. The second-order valence-electron chi connectivity index (χ2n) is 8.94. The number of nitrogens with zero attached hydrogens (tertiary/aromatic N) is 4. The van der Waals surface area contributed by atoms with Gasteiger partial charge in [-0.25, -0.2) is 0 Å². The highest BCUT2D eigenvalue weighted by atomic mass is 79.9. The molecule has 184 valence electrons. The van der Waals surface area contributed by atoms with Gasteiger partial charge in [0.15, 0.2) is 0 Å². The molecule has 8 heteroatoms. The van der Waals surface area contributed by atoms with Gasteiger partial charge in [-0.1, -0.05) is 52.3 Å². The Morgan fingerprint density at radius 1 is 1.17 bits per heavy atom. The number of aromatic nitrogens is 2. The van der Waals surface area contributed by atoms with Gasteiger partial charge in [-0.05, 0) is 30.7 Å². The van der Waals surface area contributed by atoms with Crippen molar-refractivity contribution in [3.63, 3.8) is 0 Å². The average molecular weight is 539 g/mol. The van der Waals surface area contributed by atoms with E-state index >= 15 is 0 Å². The molecule has 0 N–H and O–H groups in total. The molecule has 0 saturated carbocycles. The van der Waals surface area contributed by atoms with Gasteiger partial charge in [-0.15, -0.1) is 0 Å². The highest BCUT2D eigenvalue weighted by molar-refractivity contribution is 9.10. The first-order chi connectivity index (χ1) is 16.9. The molecule has 1 aliphatic heterocycles. The number of likely N-dealkylation sites (tertiary alicyclic amines) is 1. The van der Waals surface area contributed by atoms with Crippen LogP contribution in [0.4, 0.5) is 0 Å². The molecular formula is C27H31BrN4O3. The smallest absolute Gasteiger partial charge is 0.257 e. The SMILES string of the molecule is CCn1cc(C(=O)N2CC[C@H](Oc3cccc(Br)c3)[C@@H](CC(=O)N(C)Cc3ccccc3)C2)cn1. The third-order valence-electron chi connectivity index (χ3n) is 6.36. The maximum absolute atomic E-state index is 13.2. The Labute approximate surface area is 214 Å².